The van der Waals surface area contributed by atoms with Gasteiger partial charge in [0.1, 0.15) is 12.4 Å². The molecule has 1 aromatic carbocycles. The Kier molecular flexibility index (Phi) is 4.36. The van der Waals surface area contributed by atoms with E-state index in [1.165, 1.54) is 4.90 Å². The minimum absolute atomic E-state index is 0.0920. The van der Waals surface area contributed by atoms with E-state index in [2.05, 4.69) is 15.9 Å². The lowest BCUT2D eigenvalue weighted by Crippen LogP contribution is -2.42. The fourth-order valence-electron chi connectivity index (χ4n) is 1.83. The summed E-state index contributed by atoms with van der Waals surface area (Å²) < 4.78 is 6.48. The molecule has 1 aromatic rings. The third kappa shape index (κ3) is 3.32. The lowest BCUT2D eigenvalue weighted by atomic mass is 10.1. The van der Waals surface area contributed by atoms with Gasteiger partial charge in [0.2, 0.25) is 11.8 Å². The van der Waals surface area contributed by atoms with Crippen LogP contribution in [0, 0.1) is 0 Å². The Labute approximate surface area is 114 Å². The van der Waals surface area contributed by atoms with E-state index in [4.69, 9.17) is 4.74 Å². The van der Waals surface area contributed by atoms with Crippen molar-refractivity contribution in [3.8, 4) is 5.75 Å². The molecule has 18 heavy (non-hydrogen) atoms. The summed E-state index contributed by atoms with van der Waals surface area (Å²) in [5.41, 5.74) is 0. The van der Waals surface area contributed by atoms with Crippen molar-refractivity contribution in [3.05, 3.63) is 28.7 Å². The van der Waals surface area contributed by atoms with Crippen LogP contribution in [0.15, 0.2) is 28.7 Å². The van der Waals surface area contributed by atoms with Gasteiger partial charge < -0.3 is 4.74 Å². The quantitative estimate of drug-likeness (QED) is 0.802. The first kappa shape index (κ1) is 13.1. The lowest BCUT2D eigenvalue weighted by Gasteiger charge is -2.24. The molecule has 5 heteroatoms. The van der Waals surface area contributed by atoms with Crippen LogP contribution in [0.2, 0.25) is 0 Å². The maximum Gasteiger partial charge on any atom is 0.229 e. The van der Waals surface area contributed by atoms with Gasteiger partial charge in [-0.3, -0.25) is 14.5 Å². The maximum absolute atomic E-state index is 11.5. The first-order valence-electron chi connectivity index (χ1n) is 5.88. The van der Waals surface area contributed by atoms with Crippen LogP contribution in [-0.2, 0) is 9.59 Å². The average Bonchev–Trinajstić information content (AvgIpc) is 2.35. The summed E-state index contributed by atoms with van der Waals surface area (Å²) in [6.07, 6.45) is 1.59. The van der Waals surface area contributed by atoms with E-state index in [0.29, 0.717) is 32.4 Å². The smallest absolute Gasteiger partial charge is 0.229 e. The highest BCUT2D eigenvalue weighted by Gasteiger charge is 2.25. The molecule has 1 aliphatic rings. The molecule has 0 radical (unpaired) electrons. The van der Waals surface area contributed by atoms with Crippen molar-refractivity contribution < 1.29 is 14.3 Å². The molecule has 0 aromatic heterocycles. The molecular weight excluding hydrogens is 298 g/mol. The molecule has 4 nitrogen and oxygen atoms in total. The number of imide groups is 1. The number of carbonyl (C=O) groups excluding carboxylic acids is 2. The number of amides is 2. The zero-order valence-electron chi connectivity index (χ0n) is 9.89. The number of halogens is 1. The Morgan fingerprint density at radius 1 is 1.11 bits per heavy atom. The SMILES string of the molecule is O=C1CCCC(=O)N1CCOc1ccc(Br)cc1. The minimum atomic E-state index is -0.0920. The highest BCUT2D eigenvalue weighted by molar-refractivity contribution is 9.10. The number of ether oxygens (including phenoxy) is 1. The van der Waals surface area contributed by atoms with Crippen LogP contribution in [0.25, 0.3) is 0 Å². The minimum Gasteiger partial charge on any atom is -0.492 e. The highest BCUT2D eigenvalue weighted by atomic mass is 79.9. The molecule has 0 bridgehead atoms. The van der Waals surface area contributed by atoms with Gasteiger partial charge in [-0.05, 0) is 30.7 Å². The van der Waals surface area contributed by atoms with Crippen molar-refractivity contribution in [3.63, 3.8) is 0 Å². The molecule has 0 saturated carbocycles. The largest absolute Gasteiger partial charge is 0.492 e. The summed E-state index contributed by atoms with van der Waals surface area (Å²) in [7, 11) is 0. The number of carbonyl (C=O) groups is 2. The fraction of sp³-hybridized carbons (Fsp3) is 0.385. The molecule has 1 saturated heterocycles. The number of hydrogen-bond donors (Lipinski definition) is 0. The van der Waals surface area contributed by atoms with Crippen LogP contribution < -0.4 is 4.74 Å². The van der Waals surface area contributed by atoms with Crippen LogP contribution in [-0.4, -0.2) is 29.9 Å². The van der Waals surface area contributed by atoms with E-state index in [1.807, 2.05) is 24.3 Å². The monoisotopic (exact) mass is 311 g/mol. The van der Waals surface area contributed by atoms with E-state index in [-0.39, 0.29) is 11.8 Å². The number of hydrogen-bond acceptors (Lipinski definition) is 3. The normalized spacial score (nSPS) is 15.9. The molecule has 1 aliphatic heterocycles. The zero-order valence-corrected chi connectivity index (χ0v) is 11.5. The van der Waals surface area contributed by atoms with Gasteiger partial charge in [-0.15, -0.1) is 0 Å². The van der Waals surface area contributed by atoms with E-state index >= 15 is 0 Å². The molecule has 0 atom stereocenters. The van der Waals surface area contributed by atoms with Gasteiger partial charge in [-0.25, -0.2) is 0 Å². The maximum atomic E-state index is 11.5. The first-order chi connectivity index (χ1) is 8.66. The summed E-state index contributed by atoms with van der Waals surface area (Å²) in [5.74, 6) is 0.548. The Bertz CT molecular complexity index is 428. The van der Waals surface area contributed by atoms with Gasteiger partial charge in [0, 0.05) is 17.3 Å². The lowest BCUT2D eigenvalue weighted by molar-refractivity contribution is -0.148. The standard InChI is InChI=1S/C13H14BrNO3/c14-10-4-6-11(7-5-10)18-9-8-15-12(16)2-1-3-13(15)17/h4-7H,1-3,8-9H2. The zero-order chi connectivity index (χ0) is 13.0. The number of likely N-dealkylation sites (tertiary alicyclic amines) is 1. The summed E-state index contributed by atoms with van der Waals surface area (Å²) in [6, 6.07) is 7.44. The van der Waals surface area contributed by atoms with E-state index < -0.39 is 0 Å². The molecule has 2 amide bonds. The topological polar surface area (TPSA) is 46.6 Å². The molecule has 96 valence electrons. The molecule has 0 unspecified atom stereocenters. The van der Waals surface area contributed by atoms with Crippen molar-refractivity contribution in [1.82, 2.24) is 4.90 Å². The molecule has 0 spiro atoms. The van der Waals surface area contributed by atoms with Crippen molar-refractivity contribution >= 4 is 27.7 Å². The van der Waals surface area contributed by atoms with Gasteiger partial charge in [0.25, 0.3) is 0 Å². The Balaban J connectivity index is 1.82. The summed E-state index contributed by atoms with van der Waals surface area (Å²) in [4.78, 5) is 24.4. The van der Waals surface area contributed by atoms with Crippen molar-refractivity contribution in [2.45, 2.75) is 19.3 Å². The third-order valence-electron chi connectivity index (χ3n) is 2.78. The van der Waals surface area contributed by atoms with Crippen LogP contribution in [0.1, 0.15) is 19.3 Å². The van der Waals surface area contributed by atoms with Crippen molar-refractivity contribution in [2.75, 3.05) is 13.2 Å². The van der Waals surface area contributed by atoms with Gasteiger partial charge in [-0.1, -0.05) is 15.9 Å². The van der Waals surface area contributed by atoms with Crippen LogP contribution in [0.4, 0.5) is 0 Å². The number of piperidine rings is 1. The molecule has 1 fully saturated rings. The molecule has 2 rings (SSSR count). The van der Waals surface area contributed by atoms with E-state index in [9.17, 15) is 9.59 Å². The third-order valence-corrected chi connectivity index (χ3v) is 3.31. The first-order valence-corrected chi connectivity index (χ1v) is 6.67. The van der Waals surface area contributed by atoms with Gasteiger partial charge in [0.15, 0.2) is 0 Å². The van der Waals surface area contributed by atoms with Crippen molar-refractivity contribution in [2.24, 2.45) is 0 Å². The van der Waals surface area contributed by atoms with Crippen LogP contribution >= 0.6 is 15.9 Å². The Hall–Kier alpha value is -1.36. The number of benzene rings is 1. The number of nitrogens with zero attached hydrogens (tertiary/aromatic N) is 1. The van der Waals surface area contributed by atoms with Gasteiger partial charge in [0.05, 0.1) is 6.54 Å². The summed E-state index contributed by atoms with van der Waals surface area (Å²) >= 11 is 3.34. The highest BCUT2D eigenvalue weighted by Crippen LogP contribution is 2.16. The van der Waals surface area contributed by atoms with Gasteiger partial charge in [-0.2, -0.15) is 0 Å². The second kappa shape index (κ2) is 6.00. The van der Waals surface area contributed by atoms with Crippen molar-refractivity contribution in [1.29, 1.82) is 0 Å². The molecule has 1 heterocycles. The van der Waals surface area contributed by atoms with E-state index in [0.717, 1.165) is 10.2 Å². The number of rotatable bonds is 4. The van der Waals surface area contributed by atoms with Crippen LogP contribution in [0.3, 0.4) is 0 Å². The second-order valence-electron chi connectivity index (χ2n) is 4.10. The predicted octanol–water partition coefficient (Wildman–Crippen LogP) is 2.37. The molecule has 0 N–H and O–H groups in total. The summed E-state index contributed by atoms with van der Waals surface area (Å²) in [6.45, 7) is 0.660. The Morgan fingerprint density at radius 2 is 1.72 bits per heavy atom. The predicted molar refractivity (Wildman–Crippen MR) is 70.2 cm³/mol. The van der Waals surface area contributed by atoms with Crippen LogP contribution in [0.5, 0.6) is 5.75 Å². The Morgan fingerprint density at radius 3 is 2.33 bits per heavy atom. The van der Waals surface area contributed by atoms with Gasteiger partial charge >= 0.3 is 0 Å². The second-order valence-corrected chi connectivity index (χ2v) is 5.01. The van der Waals surface area contributed by atoms with E-state index in [1.54, 1.807) is 0 Å². The molecule has 0 aliphatic carbocycles. The summed E-state index contributed by atoms with van der Waals surface area (Å²) in [5, 5.41) is 0. The average molecular weight is 312 g/mol. The molecular formula is C13H14BrNO3. The fourth-order valence-corrected chi connectivity index (χ4v) is 2.10.